The van der Waals surface area contributed by atoms with Gasteiger partial charge in [0.05, 0.1) is 0 Å². The van der Waals surface area contributed by atoms with Crippen LogP contribution in [0.5, 0.6) is 0 Å². The lowest BCUT2D eigenvalue weighted by Gasteiger charge is -2.19. The molecule has 0 aliphatic carbocycles. The minimum absolute atomic E-state index is 0.0372. The molecule has 2 aromatic rings. The van der Waals surface area contributed by atoms with Crippen molar-refractivity contribution in [3.8, 4) is 0 Å². The van der Waals surface area contributed by atoms with Gasteiger partial charge in [0.2, 0.25) is 0 Å². The lowest BCUT2D eigenvalue weighted by atomic mass is 10.0. The maximum Gasteiger partial charge on any atom is 0.138 e. The van der Waals surface area contributed by atoms with E-state index in [0.717, 1.165) is 11.4 Å². The molecule has 0 spiro atoms. The second-order valence-electron chi connectivity index (χ2n) is 4.93. The number of aromatic nitrogens is 3. The maximum atomic E-state index is 13.1. The van der Waals surface area contributed by atoms with Crippen molar-refractivity contribution in [1.82, 2.24) is 20.1 Å². The molecule has 1 heterocycles. The molecule has 2 rings (SSSR count). The Morgan fingerprint density at radius 3 is 2.75 bits per heavy atom. The summed E-state index contributed by atoms with van der Waals surface area (Å²) in [6, 6.07) is 4.65. The third kappa shape index (κ3) is 3.16. The van der Waals surface area contributed by atoms with Crippen molar-refractivity contribution in [1.29, 1.82) is 0 Å². The predicted molar refractivity (Wildman–Crippen MR) is 77.3 cm³/mol. The molecule has 0 radical (unpaired) electrons. The quantitative estimate of drug-likeness (QED) is 0.921. The van der Waals surface area contributed by atoms with Crippen molar-refractivity contribution in [2.75, 3.05) is 7.05 Å². The summed E-state index contributed by atoms with van der Waals surface area (Å²) >= 11 is 6.12. The normalized spacial score (nSPS) is 12.9. The molecule has 0 amide bonds. The minimum Gasteiger partial charge on any atom is -0.313 e. The van der Waals surface area contributed by atoms with Gasteiger partial charge in [-0.3, -0.25) is 0 Å². The molecule has 0 saturated heterocycles. The number of hydrogen-bond donors (Lipinski definition) is 1. The smallest absolute Gasteiger partial charge is 0.138 e. The average Bonchev–Trinajstić information content (AvgIpc) is 2.85. The fraction of sp³-hybridized carbons (Fsp3) is 0.429. The third-order valence-corrected chi connectivity index (χ3v) is 3.54. The molecule has 0 aliphatic rings. The molecule has 1 aromatic carbocycles. The van der Waals surface area contributed by atoms with Gasteiger partial charge in [0.25, 0.3) is 0 Å². The van der Waals surface area contributed by atoms with E-state index in [9.17, 15) is 4.39 Å². The number of benzene rings is 1. The van der Waals surface area contributed by atoms with Gasteiger partial charge in [-0.1, -0.05) is 17.7 Å². The van der Waals surface area contributed by atoms with Gasteiger partial charge in [-0.2, -0.15) is 5.10 Å². The molecule has 1 atom stereocenters. The number of nitrogens with zero attached hydrogens (tertiary/aromatic N) is 3. The highest BCUT2D eigenvalue weighted by Crippen LogP contribution is 2.26. The summed E-state index contributed by atoms with van der Waals surface area (Å²) in [5, 5.41) is 7.83. The molecule has 108 valence electrons. The van der Waals surface area contributed by atoms with Crippen LogP contribution in [-0.2, 0) is 6.42 Å². The Labute approximate surface area is 123 Å². The molecule has 0 fully saturated rings. The van der Waals surface area contributed by atoms with E-state index < -0.39 is 0 Å². The first-order chi connectivity index (χ1) is 9.52. The highest BCUT2D eigenvalue weighted by molar-refractivity contribution is 6.31. The highest BCUT2D eigenvalue weighted by Gasteiger charge is 2.18. The first kappa shape index (κ1) is 14.9. The standard InChI is InChI=1S/C14H18ClFN4/c1-9(2)20-14(18-8-19-20)7-13(17-3)11-5-4-10(16)6-12(11)15/h4-6,8-9,13,17H,7H2,1-3H3. The van der Waals surface area contributed by atoms with Crippen molar-refractivity contribution in [2.24, 2.45) is 0 Å². The number of rotatable bonds is 5. The first-order valence-electron chi connectivity index (χ1n) is 6.53. The Balaban J connectivity index is 2.27. The second kappa shape index (κ2) is 6.33. The number of halogens is 2. The Hall–Kier alpha value is -1.46. The van der Waals surface area contributed by atoms with E-state index in [-0.39, 0.29) is 17.9 Å². The van der Waals surface area contributed by atoms with Crippen molar-refractivity contribution < 1.29 is 4.39 Å². The molecule has 1 N–H and O–H groups in total. The summed E-state index contributed by atoms with van der Waals surface area (Å²) in [5.41, 5.74) is 0.855. The van der Waals surface area contributed by atoms with E-state index in [1.165, 1.54) is 12.1 Å². The van der Waals surface area contributed by atoms with Gasteiger partial charge in [0.1, 0.15) is 18.0 Å². The van der Waals surface area contributed by atoms with Crippen LogP contribution in [0.2, 0.25) is 5.02 Å². The van der Waals surface area contributed by atoms with Crippen LogP contribution in [0.15, 0.2) is 24.5 Å². The van der Waals surface area contributed by atoms with Crippen molar-refractivity contribution >= 4 is 11.6 Å². The first-order valence-corrected chi connectivity index (χ1v) is 6.91. The second-order valence-corrected chi connectivity index (χ2v) is 5.33. The van der Waals surface area contributed by atoms with Gasteiger partial charge in [-0.25, -0.2) is 14.1 Å². The molecule has 6 heteroatoms. The van der Waals surface area contributed by atoms with Crippen LogP contribution < -0.4 is 5.32 Å². The van der Waals surface area contributed by atoms with E-state index in [2.05, 4.69) is 29.2 Å². The predicted octanol–water partition coefficient (Wildman–Crippen LogP) is 3.15. The minimum atomic E-state index is -0.334. The van der Waals surface area contributed by atoms with Gasteiger partial charge < -0.3 is 5.32 Å². The summed E-state index contributed by atoms with van der Waals surface area (Å²) in [6.45, 7) is 4.11. The molecular weight excluding hydrogens is 279 g/mol. The highest BCUT2D eigenvalue weighted by atomic mass is 35.5. The fourth-order valence-corrected chi connectivity index (χ4v) is 2.48. The van der Waals surface area contributed by atoms with E-state index >= 15 is 0 Å². The van der Waals surface area contributed by atoms with Gasteiger partial charge in [0, 0.05) is 23.5 Å². The van der Waals surface area contributed by atoms with E-state index in [0.29, 0.717) is 11.4 Å². The van der Waals surface area contributed by atoms with E-state index in [1.807, 2.05) is 11.7 Å². The monoisotopic (exact) mass is 296 g/mol. The summed E-state index contributed by atoms with van der Waals surface area (Å²) in [6.07, 6.45) is 2.19. The molecule has 1 aromatic heterocycles. The lowest BCUT2D eigenvalue weighted by molar-refractivity contribution is 0.477. The topological polar surface area (TPSA) is 42.7 Å². The van der Waals surface area contributed by atoms with Gasteiger partial charge in [-0.15, -0.1) is 0 Å². The molecular formula is C14H18ClFN4. The van der Waals surface area contributed by atoms with Crippen LogP contribution in [0, 0.1) is 5.82 Å². The SMILES string of the molecule is CNC(Cc1ncnn1C(C)C)c1ccc(F)cc1Cl. The van der Waals surface area contributed by atoms with Crippen LogP contribution >= 0.6 is 11.6 Å². The summed E-state index contributed by atoms with van der Waals surface area (Å²) < 4.78 is 15.0. The third-order valence-electron chi connectivity index (χ3n) is 3.21. The van der Waals surface area contributed by atoms with E-state index in [4.69, 9.17) is 11.6 Å². The average molecular weight is 297 g/mol. The number of hydrogen-bond acceptors (Lipinski definition) is 3. The van der Waals surface area contributed by atoms with Crippen LogP contribution in [0.4, 0.5) is 4.39 Å². The van der Waals surface area contributed by atoms with Crippen LogP contribution in [0.1, 0.15) is 37.3 Å². The fourth-order valence-electron chi connectivity index (χ4n) is 2.19. The zero-order valence-corrected chi connectivity index (χ0v) is 12.5. The van der Waals surface area contributed by atoms with Crippen molar-refractivity contribution in [2.45, 2.75) is 32.4 Å². The van der Waals surface area contributed by atoms with Crippen molar-refractivity contribution in [3.63, 3.8) is 0 Å². The number of likely N-dealkylation sites (N-methyl/N-ethyl adjacent to an activating group) is 1. The lowest BCUT2D eigenvalue weighted by Crippen LogP contribution is -2.22. The van der Waals surface area contributed by atoms with Gasteiger partial charge in [0.15, 0.2) is 0 Å². The Morgan fingerprint density at radius 2 is 2.15 bits per heavy atom. The van der Waals surface area contributed by atoms with E-state index in [1.54, 1.807) is 12.4 Å². The van der Waals surface area contributed by atoms with Crippen LogP contribution in [-0.4, -0.2) is 21.8 Å². The zero-order valence-electron chi connectivity index (χ0n) is 11.8. The maximum absolute atomic E-state index is 13.1. The molecule has 0 bridgehead atoms. The van der Waals surface area contributed by atoms with Crippen molar-refractivity contribution in [3.05, 3.63) is 46.8 Å². The summed E-state index contributed by atoms with van der Waals surface area (Å²) in [4.78, 5) is 4.29. The Bertz CT molecular complexity index is 582. The molecule has 0 aliphatic heterocycles. The molecule has 4 nitrogen and oxygen atoms in total. The van der Waals surface area contributed by atoms with Gasteiger partial charge in [-0.05, 0) is 38.6 Å². The van der Waals surface area contributed by atoms with Gasteiger partial charge >= 0.3 is 0 Å². The molecule has 0 saturated carbocycles. The van der Waals surface area contributed by atoms with Crippen LogP contribution in [0.3, 0.4) is 0 Å². The Morgan fingerprint density at radius 1 is 1.40 bits per heavy atom. The summed E-state index contributed by atoms with van der Waals surface area (Å²) in [7, 11) is 1.85. The zero-order chi connectivity index (χ0) is 14.7. The molecule has 20 heavy (non-hydrogen) atoms. The largest absolute Gasteiger partial charge is 0.313 e. The number of nitrogens with one attached hydrogen (secondary N) is 1. The summed E-state index contributed by atoms with van der Waals surface area (Å²) in [5.74, 6) is 0.540. The Kier molecular flexibility index (Phi) is 4.73. The molecule has 1 unspecified atom stereocenters. The van der Waals surface area contributed by atoms with Crippen LogP contribution in [0.25, 0.3) is 0 Å².